The molecule has 0 aromatic carbocycles. The molecular weight excluding hydrogens is 296 g/mol. The van der Waals surface area contributed by atoms with Crippen molar-refractivity contribution >= 4 is 11.8 Å². The highest BCUT2D eigenvalue weighted by atomic mass is 16.5. The van der Waals surface area contributed by atoms with Gasteiger partial charge in [0.1, 0.15) is 5.69 Å². The molecule has 2 amide bonds. The highest BCUT2D eigenvalue weighted by molar-refractivity contribution is 5.98. The molecule has 2 aromatic heterocycles. The Hall–Kier alpha value is -2.80. The summed E-state index contributed by atoms with van der Waals surface area (Å²) in [6.07, 6.45) is 4.76. The Morgan fingerprint density at radius 3 is 2.61 bits per heavy atom. The number of aromatic nitrogens is 2. The summed E-state index contributed by atoms with van der Waals surface area (Å²) in [6, 6.07) is 6.67. The second-order valence-electron chi connectivity index (χ2n) is 4.72. The van der Waals surface area contributed by atoms with Gasteiger partial charge in [-0.2, -0.15) is 0 Å². The molecule has 0 saturated heterocycles. The summed E-state index contributed by atoms with van der Waals surface area (Å²) >= 11 is 0. The second kappa shape index (κ2) is 8.60. The molecule has 2 N–H and O–H groups in total. The molecule has 0 fully saturated rings. The van der Waals surface area contributed by atoms with Crippen LogP contribution in [0, 0.1) is 0 Å². The molecule has 2 rings (SSSR count). The largest absolute Gasteiger partial charge is 0.383 e. The first-order valence-corrected chi connectivity index (χ1v) is 7.11. The molecule has 0 aliphatic heterocycles. The van der Waals surface area contributed by atoms with Gasteiger partial charge in [-0.25, -0.2) is 0 Å². The number of ether oxygens (including phenoxy) is 1. The highest BCUT2D eigenvalue weighted by Gasteiger charge is 2.11. The van der Waals surface area contributed by atoms with Gasteiger partial charge >= 0.3 is 0 Å². The molecule has 0 unspecified atom stereocenters. The molecule has 7 nitrogen and oxygen atoms in total. The number of carbonyl (C=O) groups is 2. The summed E-state index contributed by atoms with van der Waals surface area (Å²) in [6.45, 7) is 1.19. The maximum atomic E-state index is 12.1. The monoisotopic (exact) mass is 314 g/mol. The van der Waals surface area contributed by atoms with Crippen LogP contribution in [-0.4, -0.2) is 42.0 Å². The predicted molar refractivity (Wildman–Crippen MR) is 83.9 cm³/mol. The third-order valence-electron chi connectivity index (χ3n) is 3.05. The van der Waals surface area contributed by atoms with Gasteiger partial charge in [0.2, 0.25) is 0 Å². The van der Waals surface area contributed by atoms with Crippen LogP contribution < -0.4 is 10.6 Å². The molecule has 0 aliphatic rings. The molecule has 2 heterocycles. The van der Waals surface area contributed by atoms with Gasteiger partial charge in [-0.05, 0) is 29.8 Å². The normalized spacial score (nSPS) is 10.1. The number of amides is 2. The number of pyridine rings is 2. The van der Waals surface area contributed by atoms with E-state index in [9.17, 15) is 9.59 Å². The maximum Gasteiger partial charge on any atom is 0.269 e. The van der Waals surface area contributed by atoms with Gasteiger partial charge in [0, 0.05) is 44.4 Å². The van der Waals surface area contributed by atoms with E-state index in [1.54, 1.807) is 25.6 Å². The first kappa shape index (κ1) is 16.6. The van der Waals surface area contributed by atoms with Crippen molar-refractivity contribution in [3.63, 3.8) is 0 Å². The van der Waals surface area contributed by atoms with Gasteiger partial charge in [-0.15, -0.1) is 0 Å². The third-order valence-corrected chi connectivity index (χ3v) is 3.05. The standard InChI is InChI=1S/C16H18N4O3/c1-23-9-8-19-16(22)14-10-13(4-7-18-14)15(21)20-11-12-2-5-17-6-3-12/h2-7,10H,8-9,11H2,1H3,(H,19,22)(H,20,21). The van der Waals surface area contributed by atoms with Crippen LogP contribution in [0.25, 0.3) is 0 Å². The minimum absolute atomic E-state index is 0.192. The lowest BCUT2D eigenvalue weighted by molar-refractivity contribution is 0.0932. The zero-order chi connectivity index (χ0) is 16.5. The van der Waals surface area contributed by atoms with E-state index in [4.69, 9.17) is 4.74 Å². The Balaban J connectivity index is 1.95. The van der Waals surface area contributed by atoms with E-state index in [0.29, 0.717) is 25.3 Å². The average molecular weight is 314 g/mol. The van der Waals surface area contributed by atoms with Gasteiger partial charge in [0.15, 0.2) is 0 Å². The van der Waals surface area contributed by atoms with Gasteiger partial charge < -0.3 is 15.4 Å². The van der Waals surface area contributed by atoms with E-state index in [-0.39, 0.29) is 17.5 Å². The lowest BCUT2D eigenvalue weighted by Gasteiger charge is -2.07. The molecule has 0 saturated carbocycles. The van der Waals surface area contributed by atoms with E-state index in [2.05, 4.69) is 20.6 Å². The molecule has 0 bridgehead atoms. The minimum atomic E-state index is -0.342. The van der Waals surface area contributed by atoms with Crippen molar-refractivity contribution in [1.29, 1.82) is 0 Å². The first-order valence-electron chi connectivity index (χ1n) is 7.11. The van der Waals surface area contributed by atoms with Gasteiger partial charge in [-0.3, -0.25) is 19.6 Å². The fourth-order valence-electron chi connectivity index (χ4n) is 1.84. The van der Waals surface area contributed by atoms with Gasteiger partial charge in [-0.1, -0.05) is 0 Å². The molecule has 0 aliphatic carbocycles. The van der Waals surface area contributed by atoms with Crippen molar-refractivity contribution in [3.8, 4) is 0 Å². The fraction of sp³-hybridized carbons (Fsp3) is 0.250. The van der Waals surface area contributed by atoms with Crippen molar-refractivity contribution in [2.24, 2.45) is 0 Å². The topological polar surface area (TPSA) is 93.2 Å². The summed E-state index contributed by atoms with van der Waals surface area (Å²) in [5.74, 6) is -0.610. The fourth-order valence-corrected chi connectivity index (χ4v) is 1.84. The van der Waals surface area contributed by atoms with Crippen molar-refractivity contribution in [3.05, 3.63) is 59.7 Å². The lowest BCUT2D eigenvalue weighted by Crippen LogP contribution is -2.28. The smallest absolute Gasteiger partial charge is 0.269 e. The van der Waals surface area contributed by atoms with E-state index >= 15 is 0 Å². The van der Waals surface area contributed by atoms with Crippen LogP contribution in [-0.2, 0) is 11.3 Å². The van der Waals surface area contributed by atoms with E-state index in [1.807, 2.05) is 12.1 Å². The summed E-state index contributed by atoms with van der Waals surface area (Å²) in [5, 5.41) is 5.45. The predicted octanol–water partition coefficient (Wildman–Crippen LogP) is 0.783. The minimum Gasteiger partial charge on any atom is -0.383 e. The highest BCUT2D eigenvalue weighted by Crippen LogP contribution is 2.03. The Kier molecular flexibility index (Phi) is 6.19. The van der Waals surface area contributed by atoms with Crippen molar-refractivity contribution in [2.75, 3.05) is 20.3 Å². The van der Waals surface area contributed by atoms with Gasteiger partial charge in [0.25, 0.3) is 11.8 Å². The summed E-state index contributed by atoms with van der Waals surface area (Å²) in [4.78, 5) is 31.9. The second-order valence-corrected chi connectivity index (χ2v) is 4.72. The first-order chi connectivity index (χ1) is 11.2. The van der Waals surface area contributed by atoms with E-state index in [0.717, 1.165) is 5.56 Å². The molecule has 0 spiro atoms. The summed E-state index contributed by atoms with van der Waals surface area (Å²) < 4.78 is 4.86. The van der Waals surface area contributed by atoms with Crippen LogP contribution in [0.4, 0.5) is 0 Å². The zero-order valence-electron chi connectivity index (χ0n) is 12.8. The van der Waals surface area contributed by atoms with Crippen LogP contribution in [0.3, 0.4) is 0 Å². The lowest BCUT2D eigenvalue weighted by atomic mass is 10.2. The Bertz CT molecular complexity index is 661. The zero-order valence-corrected chi connectivity index (χ0v) is 12.8. The van der Waals surface area contributed by atoms with Crippen molar-refractivity contribution in [2.45, 2.75) is 6.54 Å². The van der Waals surface area contributed by atoms with Gasteiger partial charge in [0.05, 0.1) is 6.61 Å². The molecular formula is C16H18N4O3. The number of nitrogens with zero attached hydrogens (tertiary/aromatic N) is 2. The van der Waals surface area contributed by atoms with Crippen LogP contribution >= 0.6 is 0 Å². The molecule has 7 heteroatoms. The molecule has 0 atom stereocenters. The summed E-state index contributed by atoms with van der Waals surface area (Å²) in [5.41, 5.74) is 1.52. The molecule has 23 heavy (non-hydrogen) atoms. The van der Waals surface area contributed by atoms with Crippen LogP contribution in [0.5, 0.6) is 0 Å². The van der Waals surface area contributed by atoms with Crippen molar-refractivity contribution in [1.82, 2.24) is 20.6 Å². The number of hydrogen-bond acceptors (Lipinski definition) is 5. The Morgan fingerprint density at radius 1 is 1.09 bits per heavy atom. The number of rotatable bonds is 7. The number of hydrogen-bond donors (Lipinski definition) is 2. The number of methoxy groups -OCH3 is 1. The molecule has 0 radical (unpaired) electrons. The quantitative estimate of drug-likeness (QED) is 0.737. The Morgan fingerprint density at radius 2 is 1.87 bits per heavy atom. The number of nitrogens with one attached hydrogen (secondary N) is 2. The number of carbonyl (C=O) groups excluding carboxylic acids is 2. The average Bonchev–Trinajstić information content (AvgIpc) is 2.61. The Labute approximate surface area is 134 Å². The molecule has 2 aromatic rings. The summed E-state index contributed by atoms with van der Waals surface area (Å²) in [7, 11) is 1.55. The van der Waals surface area contributed by atoms with Crippen LogP contribution in [0.1, 0.15) is 26.4 Å². The SMILES string of the molecule is COCCNC(=O)c1cc(C(=O)NCc2ccncc2)ccn1. The van der Waals surface area contributed by atoms with E-state index in [1.165, 1.54) is 12.3 Å². The molecule has 120 valence electrons. The van der Waals surface area contributed by atoms with Crippen LogP contribution in [0.2, 0.25) is 0 Å². The van der Waals surface area contributed by atoms with Crippen LogP contribution in [0.15, 0.2) is 42.9 Å². The third kappa shape index (κ3) is 5.15. The van der Waals surface area contributed by atoms with Crippen molar-refractivity contribution < 1.29 is 14.3 Å². The maximum absolute atomic E-state index is 12.1. The van der Waals surface area contributed by atoms with E-state index < -0.39 is 0 Å².